The Bertz CT molecular complexity index is 870. The van der Waals surface area contributed by atoms with Crippen molar-refractivity contribution < 1.29 is 21.4 Å². The van der Waals surface area contributed by atoms with E-state index < -0.39 is 25.6 Å². The summed E-state index contributed by atoms with van der Waals surface area (Å²) in [5.41, 5.74) is 1.68. The summed E-state index contributed by atoms with van der Waals surface area (Å²) in [4.78, 5) is 2.35. The molecule has 0 amide bonds. The number of aliphatic hydroxyl groups is 1. The monoisotopic (exact) mass is 318 g/mol. The van der Waals surface area contributed by atoms with Gasteiger partial charge >= 0.3 is 0 Å². The second-order valence-corrected chi connectivity index (χ2v) is 7.11. The molecule has 2 bridgehead atoms. The van der Waals surface area contributed by atoms with Crippen LogP contribution in [0.2, 0.25) is 0 Å². The molecule has 122 valence electrons. The van der Waals surface area contributed by atoms with Crippen LogP contribution in [0.4, 0.5) is 0 Å². The number of ether oxygens (including phenoxy) is 2. The van der Waals surface area contributed by atoms with E-state index in [1.165, 1.54) is 0 Å². The van der Waals surface area contributed by atoms with E-state index in [9.17, 15) is 5.11 Å². The largest absolute Gasteiger partial charge is 0.490 e. The molecular weight excluding hydrogens is 290 g/mol. The Kier molecular flexibility index (Phi) is 1.90. The molecule has 1 aromatic carbocycles. The maximum absolute atomic E-state index is 10.7. The average molecular weight is 318 g/mol. The van der Waals surface area contributed by atoms with Crippen LogP contribution in [0.1, 0.15) is 31.3 Å². The van der Waals surface area contributed by atoms with Crippen LogP contribution in [-0.4, -0.2) is 48.4 Å². The number of aliphatic hydroxyl groups excluding tert-OH is 1. The SMILES string of the molecule is [2H]C([2H])([2H])C([2H])([2H])Oc1ccc2c3c1O[C@H]1[C@@H](O)C=C[C@H]4[C@H](C2)N(C)CC[C@@]341. The van der Waals surface area contributed by atoms with Gasteiger partial charge in [-0.2, -0.15) is 0 Å². The van der Waals surface area contributed by atoms with Crippen LogP contribution in [-0.2, 0) is 11.8 Å². The highest BCUT2D eigenvalue weighted by atomic mass is 16.5. The number of rotatable bonds is 2. The quantitative estimate of drug-likeness (QED) is 0.846. The zero-order chi connectivity index (χ0) is 20.1. The Morgan fingerprint density at radius 1 is 1.52 bits per heavy atom. The maximum Gasteiger partial charge on any atom is 0.165 e. The number of hydrogen-bond acceptors (Lipinski definition) is 4. The molecule has 1 saturated heterocycles. The normalized spacial score (nSPS) is 44.2. The van der Waals surface area contributed by atoms with Crippen LogP contribution in [0.25, 0.3) is 0 Å². The molecule has 1 fully saturated rings. The lowest BCUT2D eigenvalue weighted by atomic mass is 9.53. The summed E-state index contributed by atoms with van der Waals surface area (Å²) in [5, 5.41) is 10.7. The molecule has 5 rings (SSSR count). The van der Waals surface area contributed by atoms with Gasteiger partial charge in [-0.15, -0.1) is 0 Å². The molecule has 0 radical (unpaired) electrons. The highest BCUT2D eigenvalue weighted by molar-refractivity contribution is 5.62. The van der Waals surface area contributed by atoms with Gasteiger partial charge in [-0.05, 0) is 44.9 Å². The summed E-state index contributed by atoms with van der Waals surface area (Å²) < 4.78 is 49.6. The molecule has 2 aliphatic carbocycles. The predicted octanol–water partition coefficient (Wildman–Crippen LogP) is 1.89. The highest BCUT2D eigenvalue weighted by Gasteiger charge is 2.64. The number of nitrogens with zero attached hydrogens (tertiary/aromatic N) is 1. The third-order valence-electron chi connectivity index (χ3n) is 6.30. The van der Waals surface area contributed by atoms with Crippen LogP contribution in [0.5, 0.6) is 11.5 Å². The first-order valence-electron chi connectivity index (χ1n) is 10.6. The van der Waals surface area contributed by atoms with E-state index in [0.29, 0.717) is 11.8 Å². The fraction of sp³-hybridized carbons (Fsp3) is 0.579. The van der Waals surface area contributed by atoms with Crippen molar-refractivity contribution in [3.05, 3.63) is 35.4 Å². The molecule has 0 aromatic heterocycles. The fourth-order valence-corrected chi connectivity index (χ4v) is 5.36. The van der Waals surface area contributed by atoms with Crippen molar-refractivity contribution in [3.63, 3.8) is 0 Å². The molecule has 1 spiro atoms. The third-order valence-corrected chi connectivity index (χ3v) is 6.30. The van der Waals surface area contributed by atoms with Crippen LogP contribution >= 0.6 is 0 Å². The van der Waals surface area contributed by atoms with Gasteiger partial charge in [0.05, 0.1) is 9.30 Å². The van der Waals surface area contributed by atoms with Crippen LogP contribution < -0.4 is 9.47 Å². The molecular formula is C19H23NO3. The van der Waals surface area contributed by atoms with Crippen molar-refractivity contribution in [2.75, 3.05) is 20.2 Å². The molecule has 4 nitrogen and oxygen atoms in total. The predicted molar refractivity (Wildman–Crippen MR) is 87.1 cm³/mol. The van der Waals surface area contributed by atoms with Crippen molar-refractivity contribution in [2.45, 2.75) is 43.4 Å². The van der Waals surface area contributed by atoms with Crippen molar-refractivity contribution >= 4 is 0 Å². The van der Waals surface area contributed by atoms with E-state index in [1.54, 1.807) is 12.1 Å². The highest BCUT2D eigenvalue weighted by Crippen LogP contribution is 2.62. The minimum atomic E-state index is -2.93. The van der Waals surface area contributed by atoms with Crippen molar-refractivity contribution in [1.82, 2.24) is 4.90 Å². The molecule has 4 aliphatic rings. The maximum atomic E-state index is 10.7. The summed E-state index contributed by atoms with van der Waals surface area (Å²) in [5.74, 6) is 0.668. The number of likely N-dealkylation sites (N-methyl/N-ethyl adjacent to an activating group) is 1. The number of benzene rings is 1. The smallest absolute Gasteiger partial charge is 0.165 e. The van der Waals surface area contributed by atoms with E-state index in [0.717, 1.165) is 30.5 Å². The Morgan fingerprint density at radius 3 is 3.30 bits per heavy atom. The Hall–Kier alpha value is -1.52. The van der Waals surface area contributed by atoms with Gasteiger partial charge in [0, 0.05) is 27.1 Å². The number of likely N-dealkylation sites (tertiary alicyclic amines) is 1. The average Bonchev–Trinajstić information content (AvgIpc) is 2.96. The summed E-state index contributed by atoms with van der Waals surface area (Å²) in [6.07, 6.45) is 4.28. The topological polar surface area (TPSA) is 41.9 Å². The molecule has 5 atom stereocenters. The van der Waals surface area contributed by atoms with Crippen molar-refractivity contribution in [1.29, 1.82) is 0 Å². The molecule has 2 aliphatic heterocycles. The first-order chi connectivity index (χ1) is 13.1. The second kappa shape index (κ2) is 4.52. The molecule has 0 saturated carbocycles. The molecule has 2 heterocycles. The van der Waals surface area contributed by atoms with Gasteiger partial charge < -0.3 is 19.5 Å². The molecule has 23 heavy (non-hydrogen) atoms. The molecule has 1 N–H and O–H groups in total. The van der Waals surface area contributed by atoms with Gasteiger partial charge in [0.2, 0.25) is 0 Å². The van der Waals surface area contributed by atoms with Gasteiger partial charge in [0.15, 0.2) is 11.5 Å². The van der Waals surface area contributed by atoms with Gasteiger partial charge in [-0.25, -0.2) is 0 Å². The van der Waals surface area contributed by atoms with E-state index in [4.69, 9.17) is 16.3 Å². The van der Waals surface area contributed by atoms with Crippen LogP contribution in [0.15, 0.2) is 24.3 Å². The Labute approximate surface area is 143 Å². The Morgan fingerprint density at radius 2 is 2.43 bits per heavy atom. The lowest BCUT2D eigenvalue weighted by Gasteiger charge is -2.56. The minimum Gasteiger partial charge on any atom is -0.490 e. The standard InChI is InChI=1S/C19H23NO3/c1-3-22-15-7-4-11-10-13-12-5-6-14(21)18-19(12,8-9-20(13)2)16(11)17(15)23-18/h4-7,12-14,18,21H,3,8-10H2,1-2H3/t12-,13-,14-,18-,19-/m0/s1/i1D3,3D2. The van der Waals surface area contributed by atoms with Crippen molar-refractivity contribution in [3.8, 4) is 11.5 Å². The second-order valence-electron chi connectivity index (χ2n) is 7.11. The number of piperidine rings is 1. The van der Waals surface area contributed by atoms with Crippen LogP contribution in [0, 0.1) is 5.92 Å². The van der Waals surface area contributed by atoms with E-state index in [-0.39, 0.29) is 17.1 Å². The van der Waals surface area contributed by atoms with E-state index in [2.05, 4.69) is 18.0 Å². The van der Waals surface area contributed by atoms with Gasteiger partial charge in [0.1, 0.15) is 12.2 Å². The van der Waals surface area contributed by atoms with E-state index in [1.807, 2.05) is 6.07 Å². The first-order valence-corrected chi connectivity index (χ1v) is 8.15. The van der Waals surface area contributed by atoms with Crippen LogP contribution in [0.3, 0.4) is 0 Å². The number of hydrogen-bond donors (Lipinski definition) is 1. The lowest BCUT2D eigenvalue weighted by molar-refractivity contribution is -0.0453. The van der Waals surface area contributed by atoms with Gasteiger partial charge in [-0.1, -0.05) is 18.2 Å². The molecule has 0 unspecified atom stereocenters. The fourth-order valence-electron chi connectivity index (χ4n) is 5.36. The molecule has 4 heteroatoms. The lowest BCUT2D eigenvalue weighted by Crippen LogP contribution is -2.64. The van der Waals surface area contributed by atoms with E-state index >= 15 is 0 Å². The van der Waals surface area contributed by atoms with Crippen molar-refractivity contribution in [2.24, 2.45) is 5.92 Å². The summed E-state index contributed by atoms with van der Waals surface area (Å²) in [6.45, 7) is -4.89. The third kappa shape index (κ3) is 1.54. The first kappa shape index (κ1) is 9.70. The molecule has 1 aromatic rings. The summed E-state index contributed by atoms with van der Waals surface area (Å²) >= 11 is 0. The summed E-state index contributed by atoms with van der Waals surface area (Å²) in [6, 6.07) is 3.80. The van der Waals surface area contributed by atoms with Gasteiger partial charge in [-0.3, -0.25) is 0 Å². The Balaban J connectivity index is 1.67. The zero-order valence-corrected chi connectivity index (χ0v) is 13.0. The van der Waals surface area contributed by atoms with Gasteiger partial charge in [0.25, 0.3) is 0 Å². The zero-order valence-electron chi connectivity index (χ0n) is 18.0. The minimum absolute atomic E-state index is 0.0898. The summed E-state index contributed by atoms with van der Waals surface area (Å²) in [7, 11) is 2.12.